The summed E-state index contributed by atoms with van der Waals surface area (Å²) in [4.78, 5) is 6.00. The lowest BCUT2D eigenvalue weighted by molar-refractivity contribution is 0.415. The topological polar surface area (TPSA) is 57.4 Å². The van der Waals surface area contributed by atoms with E-state index in [1.165, 1.54) is 4.90 Å². The van der Waals surface area contributed by atoms with Gasteiger partial charge in [-0.05, 0) is 49.4 Å². The van der Waals surface area contributed by atoms with Crippen molar-refractivity contribution in [2.75, 3.05) is 20.8 Å². The second-order valence-corrected chi connectivity index (χ2v) is 7.16. The number of nitrogens with zero attached hydrogens (tertiary/aromatic N) is 1. The van der Waals surface area contributed by atoms with Gasteiger partial charge in [0.2, 0.25) is 0 Å². The molecule has 0 amide bonds. The molecular weight excluding hydrogens is 320 g/mol. The molecule has 0 bridgehead atoms. The molecule has 1 unspecified atom stereocenters. The number of thioether (sulfide) groups is 1. The van der Waals surface area contributed by atoms with Crippen molar-refractivity contribution in [2.45, 2.75) is 23.5 Å². The number of nitrogens with two attached hydrogens (primary N) is 1. The van der Waals surface area contributed by atoms with Gasteiger partial charge in [-0.1, -0.05) is 6.92 Å². The van der Waals surface area contributed by atoms with E-state index in [4.69, 9.17) is 20.2 Å². The molecule has 0 aliphatic heterocycles. The average Bonchev–Trinajstić information content (AvgIpc) is 2.61. The number of ether oxygens (including phenoxy) is 2. The van der Waals surface area contributed by atoms with Gasteiger partial charge in [0.1, 0.15) is 11.5 Å². The van der Waals surface area contributed by atoms with E-state index in [9.17, 15) is 0 Å². The van der Waals surface area contributed by atoms with Crippen molar-refractivity contribution in [1.82, 2.24) is 4.98 Å². The Hall–Kier alpha value is -1.98. The van der Waals surface area contributed by atoms with Crippen molar-refractivity contribution in [1.29, 1.82) is 0 Å². The van der Waals surface area contributed by atoms with E-state index in [1.807, 2.05) is 36.0 Å². The van der Waals surface area contributed by atoms with Crippen molar-refractivity contribution >= 4 is 33.6 Å². The Bertz CT molecular complexity index is 805. The molecule has 126 valence electrons. The maximum absolute atomic E-state index is 5.73. The van der Waals surface area contributed by atoms with E-state index in [0.717, 1.165) is 39.7 Å². The Labute approximate surface area is 146 Å². The Morgan fingerprint density at radius 1 is 1.00 bits per heavy atom. The summed E-state index contributed by atoms with van der Waals surface area (Å²) in [6.45, 7) is 2.89. The lowest BCUT2D eigenvalue weighted by Gasteiger charge is -2.16. The fourth-order valence-corrected chi connectivity index (χ4v) is 3.98. The SMILES string of the molecule is COc1ccc2nc3ccc(OC)cc3c(SC(C)CCN)c2c1. The number of pyridine rings is 1. The number of methoxy groups -OCH3 is 2. The maximum atomic E-state index is 5.73. The van der Waals surface area contributed by atoms with Gasteiger partial charge in [-0.25, -0.2) is 4.98 Å². The molecule has 0 spiro atoms. The van der Waals surface area contributed by atoms with E-state index >= 15 is 0 Å². The molecule has 0 aliphatic rings. The molecule has 1 atom stereocenters. The summed E-state index contributed by atoms with van der Waals surface area (Å²) >= 11 is 1.83. The summed E-state index contributed by atoms with van der Waals surface area (Å²) in [6, 6.07) is 12.0. The molecule has 3 aromatic rings. The minimum absolute atomic E-state index is 0.418. The van der Waals surface area contributed by atoms with Crippen LogP contribution >= 0.6 is 11.8 Å². The molecule has 0 saturated carbocycles. The van der Waals surface area contributed by atoms with Crippen LogP contribution in [0.5, 0.6) is 11.5 Å². The predicted octanol–water partition coefficient (Wildman–Crippen LogP) is 4.23. The molecule has 3 rings (SSSR count). The molecule has 0 radical (unpaired) electrons. The summed E-state index contributed by atoms with van der Waals surface area (Å²) in [7, 11) is 3.37. The van der Waals surface area contributed by atoms with E-state index < -0.39 is 0 Å². The Morgan fingerprint density at radius 3 is 2.00 bits per heavy atom. The Morgan fingerprint density at radius 2 is 1.54 bits per heavy atom. The normalized spacial score (nSPS) is 12.5. The highest BCUT2D eigenvalue weighted by atomic mass is 32.2. The molecule has 4 nitrogen and oxygen atoms in total. The zero-order chi connectivity index (χ0) is 17.1. The Balaban J connectivity index is 2.27. The van der Waals surface area contributed by atoms with E-state index in [-0.39, 0.29) is 0 Å². The largest absolute Gasteiger partial charge is 0.497 e. The van der Waals surface area contributed by atoms with Gasteiger partial charge in [0.15, 0.2) is 0 Å². The molecule has 2 N–H and O–H groups in total. The van der Waals surface area contributed by atoms with Gasteiger partial charge < -0.3 is 15.2 Å². The predicted molar refractivity (Wildman–Crippen MR) is 101 cm³/mol. The highest BCUT2D eigenvalue weighted by Gasteiger charge is 2.14. The van der Waals surface area contributed by atoms with Gasteiger partial charge >= 0.3 is 0 Å². The molecule has 24 heavy (non-hydrogen) atoms. The van der Waals surface area contributed by atoms with Gasteiger partial charge in [-0.15, -0.1) is 11.8 Å². The van der Waals surface area contributed by atoms with Crippen molar-refractivity contribution in [2.24, 2.45) is 5.73 Å². The third kappa shape index (κ3) is 3.28. The lowest BCUT2D eigenvalue weighted by atomic mass is 10.1. The summed E-state index contributed by atoms with van der Waals surface area (Å²) in [5, 5.41) is 2.62. The number of benzene rings is 2. The van der Waals surface area contributed by atoms with Crippen LogP contribution in [-0.2, 0) is 0 Å². The van der Waals surface area contributed by atoms with Crippen LogP contribution in [0, 0.1) is 0 Å². The van der Waals surface area contributed by atoms with E-state index in [2.05, 4.69) is 19.1 Å². The van der Waals surface area contributed by atoms with Crippen molar-refractivity contribution in [3.8, 4) is 11.5 Å². The maximum Gasteiger partial charge on any atom is 0.119 e. The standard InChI is InChI=1S/C19H22N2O2S/c1-12(8-9-20)24-19-15-10-13(22-2)4-6-17(15)21-18-7-5-14(23-3)11-16(18)19/h4-7,10-12H,8-9,20H2,1-3H3. The summed E-state index contributed by atoms with van der Waals surface area (Å²) < 4.78 is 10.8. The zero-order valence-electron chi connectivity index (χ0n) is 14.2. The monoisotopic (exact) mass is 342 g/mol. The highest BCUT2D eigenvalue weighted by Crippen LogP contribution is 2.39. The van der Waals surface area contributed by atoms with Crippen LogP contribution in [0.1, 0.15) is 13.3 Å². The van der Waals surface area contributed by atoms with Gasteiger partial charge in [-0.2, -0.15) is 0 Å². The minimum atomic E-state index is 0.418. The first-order valence-electron chi connectivity index (χ1n) is 7.98. The first kappa shape index (κ1) is 16.9. The van der Waals surface area contributed by atoms with Crippen LogP contribution in [0.4, 0.5) is 0 Å². The molecule has 5 heteroatoms. The van der Waals surface area contributed by atoms with E-state index in [0.29, 0.717) is 11.8 Å². The van der Waals surface area contributed by atoms with Gasteiger partial charge in [0, 0.05) is 20.9 Å². The van der Waals surface area contributed by atoms with Crippen molar-refractivity contribution in [3.05, 3.63) is 36.4 Å². The minimum Gasteiger partial charge on any atom is -0.497 e. The average molecular weight is 342 g/mol. The first-order chi connectivity index (χ1) is 11.7. The Kier molecular flexibility index (Phi) is 5.11. The van der Waals surface area contributed by atoms with Crippen molar-refractivity contribution in [3.63, 3.8) is 0 Å². The van der Waals surface area contributed by atoms with Crippen LogP contribution in [0.2, 0.25) is 0 Å². The molecular formula is C19H22N2O2S. The second-order valence-electron chi connectivity index (χ2n) is 5.71. The number of hydrogen-bond acceptors (Lipinski definition) is 5. The van der Waals surface area contributed by atoms with E-state index in [1.54, 1.807) is 14.2 Å². The van der Waals surface area contributed by atoms with Gasteiger partial charge in [-0.3, -0.25) is 0 Å². The van der Waals surface area contributed by atoms with Crippen LogP contribution in [0.15, 0.2) is 41.3 Å². The number of hydrogen-bond donors (Lipinski definition) is 1. The van der Waals surface area contributed by atoms with Crippen LogP contribution in [-0.4, -0.2) is 31.0 Å². The summed E-state index contributed by atoms with van der Waals surface area (Å²) in [5.74, 6) is 1.67. The molecule has 1 heterocycles. The van der Waals surface area contributed by atoms with Crippen LogP contribution < -0.4 is 15.2 Å². The van der Waals surface area contributed by atoms with Gasteiger partial charge in [0.05, 0.1) is 25.3 Å². The number of aromatic nitrogens is 1. The second kappa shape index (κ2) is 7.28. The fourth-order valence-electron chi connectivity index (χ4n) is 2.74. The number of rotatable bonds is 6. The molecule has 0 fully saturated rings. The zero-order valence-corrected chi connectivity index (χ0v) is 15.0. The van der Waals surface area contributed by atoms with Crippen LogP contribution in [0.3, 0.4) is 0 Å². The lowest BCUT2D eigenvalue weighted by Crippen LogP contribution is -2.07. The highest BCUT2D eigenvalue weighted by molar-refractivity contribution is 8.00. The first-order valence-corrected chi connectivity index (χ1v) is 8.86. The van der Waals surface area contributed by atoms with Crippen molar-refractivity contribution < 1.29 is 9.47 Å². The fraction of sp³-hybridized carbons (Fsp3) is 0.316. The third-order valence-electron chi connectivity index (χ3n) is 4.03. The molecule has 2 aromatic carbocycles. The van der Waals surface area contributed by atoms with Crippen LogP contribution in [0.25, 0.3) is 21.8 Å². The third-order valence-corrected chi connectivity index (χ3v) is 5.34. The number of fused-ring (bicyclic) bond motifs is 2. The van der Waals surface area contributed by atoms with Gasteiger partial charge in [0.25, 0.3) is 0 Å². The summed E-state index contributed by atoms with van der Waals surface area (Å²) in [5.41, 5.74) is 7.67. The molecule has 0 saturated heterocycles. The molecule has 0 aliphatic carbocycles. The molecule has 1 aromatic heterocycles. The quantitative estimate of drug-likeness (QED) is 0.536. The smallest absolute Gasteiger partial charge is 0.119 e. The summed E-state index contributed by atoms with van der Waals surface area (Å²) in [6.07, 6.45) is 0.962.